The van der Waals surface area contributed by atoms with Crippen molar-refractivity contribution in [3.8, 4) is 6.07 Å². The molecule has 2 rings (SSSR count). The van der Waals surface area contributed by atoms with Crippen molar-refractivity contribution >= 4 is 28.2 Å². The Morgan fingerprint density at radius 2 is 2.28 bits per heavy atom. The summed E-state index contributed by atoms with van der Waals surface area (Å²) in [7, 11) is 3.89. The number of nitriles is 1. The van der Waals surface area contributed by atoms with Gasteiger partial charge in [0.05, 0.1) is 6.07 Å². The summed E-state index contributed by atoms with van der Waals surface area (Å²) in [4.78, 5) is 1.94. The van der Waals surface area contributed by atoms with Gasteiger partial charge in [-0.25, -0.2) is 0 Å². The van der Waals surface area contributed by atoms with Crippen LogP contribution in [0, 0.1) is 11.3 Å². The van der Waals surface area contributed by atoms with Crippen molar-refractivity contribution in [3.63, 3.8) is 0 Å². The van der Waals surface area contributed by atoms with Crippen LogP contribution < -0.4 is 10.2 Å². The van der Waals surface area contributed by atoms with E-state index in [1.54, 1.807) is 23.1 Å². The van der Waals surface area contributed by atoms with E-state index in [0.29, 0.717) is 11.8 Å². The van der Waals surface area contributed by atoms with Crippen molar-refractivity contribution < 1.29 is 0 Å². The molecule has 18 heavy (non-hydrogen) atoms. The summed E-state index contributed by atoms with van der Waals surface area (Å²) in [5.41, 5.74) is -0.476. The number of hydrogen-bond acceptors (Lipinski definition) is 7. The first kappa shape index (κ1) is 13.6. The van der Waals surface area contributed by atoms with Crippen LogP contribution in [0.2, 0.25) is 0 Å². The lowest BCUT2D eigenvalue weighted by Crippen LogP contribution is -2.44. The van der Waals surface area contributed by atoms with Crippen molar-refractivity contribution in [1.29, 1.82) is 5.26 Å². The largest absolute Gasteiger partial charge is 0.353 e. The molecule has 1 unspecified atom stereocenters. The second-order valence-electron chi connectivity index (χ2n) is 4.90. The average Bonchev–Trinajstić information content (AvgIpc) is 3.00. The van der Waals surface area contributed by atoms with E-state index in [4.69, 9.17) is 0 Å². The molecular formula is C11H17N5S2. The van der Waals surface area contributed by atoms with Crippen LogP contribution in [0.5, 0.6) is 0 Å². The fourth-order valence-corrected chi connectivity index (χ4v) is 3.23. The van der Waals surface area contributed by atoms with Crippen molar-refractivity contribution in [2.75, 3.05) is 24.7 Å². The molecule has 0 aliphatic heterocycles. The fourth-order valence-electron chi connectivity index (χ4n) is 1.43. The molecule has 5 nitrogen and oxygen atoms in total. The maximum absolute atomic E-state index is 9.27. The zero-order valence-corrected chi connectivity index (χ0v) is 12.4. The lowest BCUT2D eigenvalue weighted by atomic mass is 10.1. The van der Waals surface area contributed by atoms with Gasteiger partial charge in [-0.1, -0.05) is 23.1 Å². The smallest absolute Gasteiger partial charge is 0.208 e. The molecule has 1 aliphatic carbocycles. The number of aromatic nitrogens is 2. The Morgan fingerprint density at radius 3 is 2.78 bits per heavy atom. The summed E-state index contributed by atoms with van der Waals surface area (Å²) in [6.07, 6.45) is 2.37. The first-order valence-corrected chi connectivity index (χ1v) is 7.65. The van der Waals surface area contributed by atoms with Gasteiger partial charge in [0.2, 0.25) is 5.13 Å². The number of rotatable bonds is 6. The van der Waals surface area contributed by atoms with Crippen LogP contribution in [0.1, 0.15) is 19.8 Å². The molecule has 1 fully saturated rings. The summed E-state index contributed by atoms with van der Waals surface area (Å²) in [5, 5.41) is 21.8. The maximum Gasteiger partial charge on any atom is 0.208 e. The van der Waals surface area contributed by atoms with Crippen LogP contribution in [-0.2, 0) is 0 Å². The third kappa shape index (κ3) is 3.57. The first-order chi connectivity index (χ1) is 8.52. The van der Waals surface area contributed by atoms with E-state index < -0.39 is 5.54 Å². The molecule has 1 atom stereocenters. The second-order valence-corrected chi connectivity index (χ2v) is 7.07. The highest BCUT2D eigenvalue weighted by Gasteiger charge is 2.32. The molecule has 0 spiro atoms. The minimum atomic E-state index is -0.476. The van der Waals surface area contributed by atoms with Gasteiger partial charge in [0, 0.05) is 25.9 Å². The lowest BCUT2D eigenvalue weighted by Gasteiger charge is -2.21. The number of hydrogen-bond donors (Lipinski definition) is 1. The Kier molecular flexibility index (Phi) is 4.10. The van der Waals surface area contributed by atoms with Gasteiger partial charge in [-0.15, -0.1) is 10.2 Å². The van der Waals surface area contributed by atoms with E-state index in [1.165, 1.54) is 12.8 Å². The Bertz CT molecular complexity index is 449. The van der Waals surface area contributed by atoms with Crippen molar-refractivity contribution in [2.45, 2.75) is 35.7 Å². The van der Waals surface area contributed by atoms with E-state index in [-0.39, 0.29) is 0 Å². The minimum Gasteiger partial charge on any atom is -0.353 e. The summed E-state index contributed by atoms with van der Waals surface area (Å²) in [5.74, 6) is 0.696. The standard InChI is InChI=1S/C11H17N5S2/c1-11(6-12,13-8-4-5-8)7-17-10-15-14-9(18-10)16(2)3/h8,13H,4-5,7H2,1-3H3. The zero-order valence-electron chi connectivity index (χ0n) is 10.8. The summed E-state index contributed by atoms with van der Waals surface area (Å²) >= 11 is 3.15. The monoisotopic (exact) mass is 283 g/mol. The highest BCUT2D eigenvalue weighted by Crippen LogP contribution is 2.30. The predicted octanol–water partition coefficient (Wildman–Crippen LogP) is 1.73. The van der Waals surface area contributed by atoms with Gasteiger partial charge in [-0.2, -0.15) is 5.26 Å². The molecule has 0 bridgehead atoms. The molecule has 1 aromatic rings. The van der Waals surface area contributed by atoms with E-state index in [9.17, 15) is 5.26 Å². The van der Waals surface area contributed by atoms with Crippen LogP contribution >= 0.6 is 23.1 Å². The number of nitrogens with zero attached hydrogens (tertiary/aromatic N) is 4. The second kappa shape index (κ2) is 5.43. The Balaban J connectivity index is 1.90. The zero-order chi connectivity index (χ0) is 13.2. The highest BCUT2D eigenvalue weighted by atomic mass is 32.2. The fraction of sp³-hybridized carbons (Fsp3) is 0.727. The molecule has 1 aromatic heterocycles. The van der Waals surface area contributed by atoms with Crippen LogP contribution in [0.4, 0.5) is 5.13 Å². The SMILES string of the molecule is CN(C)c1nnc(SCC(C)(C#N)NC2CC2)s1. The minimum absolute atomic E-state index is 0.476. The van der Waals surface area contributed by atoms with Gasteiger partial charge in [-0.3, -0.25) is 5.32 Å². The van der Waals surface area contributed by atoms with Gasteiger partial charge in [0.1, 0.15) is 5.54 Å². The van der Waals surface area contributed by atoms with E-state index in [1.807, 2.05) is 25.9 Å². The van der Waals surface area contributed by atoms with Gasteiger partial charge < -0.3 is 4.90 Å². The molecule has 7 heteroatoms. The molecule has 98 valence electrons. The number of thioether (sulfide) groups is 1. The molecule has 1 aliphatic rings. The third-order valence-electron chi connectivity index (χ3n) is 2.61. The molecule has 0 radical (unpaired) electrons. The first-order valence-electron chi connectivity index (χ1n) is 5.85. The highest BCUT2D eigenvalue weighted by molar-refractivity contribution is 8.01. The quantitative estimate of drug-likeness (QED) is 0.802. The molecule has 0 aromatic carbocycles. The van der Waals surface area contributed by atoms with Crippen LogP contribution in [-0.4, -0.2) is 41.6 Å². The number of nitrogens with one attached hydrogen (secondary N) is 1. The molecule has 0 amide bonds. The lowest BCUT2D eigenvalue weighted by molar-refractivity contribution is 0.490. The molecular weight excluding hydrogens is 266 g/mol. The van der Waals surface area contributed by atoms with Gasteiger partial charge in [0.25, 0.3) is 0 Å². The van der Waals surface area contributed by atoms with Crippen LogP contribution in [0.25, 0.3) is 0 Å². The van der Waals surface area contributed by atoms with E-state index in [2.05, 4.69) is 21.6 Å². The summed E-state index contributed by atoms with van der Waals surface area (Å²) in [6.45, 7) is 1.95. The Hall–Kier alpha value is -0.840. The van der Waals surface area contributed by atoms with Crippen LogP contribution in [0.3, 0.4) is 0 Å². The van der Waals surface area contributed by atoms with Crippen molar-refractivity contribution in [2.24, 2.45) is 0 Å². The van der Waals surface area contributed by atoms with Gasteiger partial charge >= 0.3 is 0 Å². The number of anilines is 1. The predicted molar refractivity (Wildman–Crippen MR) is 75.1 cm³/mol. The van der Waals surface area contributed by atoms with Crippen LogP contribution in [0.15, 0.2) is 4.34 Å². The molecule has 1 N–H and O–H groups in total. The molecule has 0 saturated heterocycles. The summed E-state index contributed by atoms with van der Waals surface area (Å²) < 4.78 is 0.915. The maximum atomic E-state index is 9.27. The van der Waals surface area contributed by atoms with Gasteiger partial charge in [-0.05, 0) is 19.8 Å². The molecule has 1 heterocycles. The Labute approximate surface area is 116 Å². The van der Waals surface area contributed by atoms with E-state index >= 15 is 0 Å². The average molecular weight is 283 g/mol. The van der Waals surface area contributed by atoms with Crippen molar-refractivity contribution in [3.05, 3.63) is 0 Å². The van der Waals surface area contributed by atoms with Gasteiger partial charge in [0.15, 0.2) is 4.34 Å². The van der Waals surface area contributed by atoms with Crippen molar-refractivity contribution in [1.82, 2.24) is 15.5 Å². The van der Waals surface area contributed by atoms with E-state index in [0.717, 1.165) is 9.47 Å². The molecule has 1 saturated carbocycles. The normalized spacial score (nSPS) is 18.1. The third-order valence-corrected chi connectivity index (χ3v) is 5.15. The topological polar surface area (TPSA) is 64.8 Å². The Morgan fingerprint density at radius 1 is 1.56 bits per heavy atom. The summed E-state index contributed by atoms with van der Waals surface area (Å²) in [6, 6.07) is 2.89.